The third kappa shape index (κ3) is 2.05. The van der Waals surface area contributed by atoms with Crippen molar-refractivity contribution in [3.63, 3.8) is 0 Å². The van der Waals surface area contributed by atoms with Gasteiger partial charge in [0.05, 0.1) is 16.5 Å². The molecule has 2 N–H and O–H groups in total. The second kappa shape index (κ2) is 3.17. The van der Waals surface area contributed by atoms with Crippen LogP contribution in [-0.2, 0) is 10.0 Å². The molecule has 1 rings (SSSR count). The molecule has 0 saturated heterocycles. The quantitative estimate of drug-likeness (QED) is 0.710. The normalized spacial score (nSPS) is 10.8. The molecule has 1 aromatic carbocycles. The van der Waals surface area contributed by atoms with Gasteiger partial charge in [-0.3, -0.25) is 0 Å². The van der Waals surface area contributed by atoms with Crippen LogP contribution in [0.2, 0.25) is 0 Å². The molecule has 0 unspecified atom stereocenters. The molecule has 4 nitrogen and oxygen atoms in total. The number of hydrogen-bond acceptors (Lipinski definition) is 3. The molecule has 0 aromatic heterocycles. The molecule has 0 bridgehead atoms. The number of nitrogens with zero attached hydrogens (tertiary/aromatic N) is 1. The van der Waals surface area contributed by atoms with Crippen LogP contribution in [0.3, 0.4) is 0 Å². The molecule has 0 saturated carbocycles. The minimum absolute atomic E-state index is 0.0616. The van der Waals surface area contributed by atoms with Gasteiger partial charge in [0.25, 0.3) is 0 Å². The zero-order valence-electron chi connectivity index (χ0n) is 6.98. The van der Waals surface area contributed by atoms with Gasteiger partial charge >= 0.3 is 0 Å². The number of nitriles is 1. The number of nitrogens with two attached hydrogens (primary N) is 1. The van der Waals surface area contributed by atoms with Crippen LogP contribution in [0.4, 0.5) is 0 Å². The summed E-state index contributed by atoms with van der Waals surface area (Å²) in [5.41, 5.74) is 0.909. The minimum Gasteiger partial charge on any atom is -0.225 e. The third-order valence-electron chi connectivity index (χ3n) is 1.61. The van der Waals surface area contributed by atoms with Crippen molar-refractivity contribution < 1.29 is 8.42 Å². The van der Waals surface area contributed by atoms with E-state index in [4.69, 9.17) is 10.4 Å². The highest BCUT2D eigenvalue weighted by atomic mass is 32.2. The molecule has 0 fully saturated rings. The lowest BCUT2D eigenvalue weighted by molar-refractivity contribution is 0.597. The minimum atomic E-state index is -3.67. The Morgan fingerprint density at radius 1 is 1.46 bits per heavy atom. The van der Waals surface area contributed by atoms with E-state index in [-0.39, 0.29) is 4.90 Å². The average molecular weight is 196 g/mol. The summed E-state index contributed by atoms with van der Waals surface area (Å²) >= 11 is 0. The van der Waals surface area contributed by atoms with Crippen molar-refractivity contribution in [2.45, 2.75) is 11.8 Å². The maximum Gasteiger partial charge on any atom is 0.238 e. The highest BCUT2D eigenvalue weighted by Gasteiger charge is 2.10. The van der Waals surface area contributed by atoms with Crippen LogP contribution in [0.1, 0.15) is 11.1 Å². The molecule has 0 amide bonds. The van der Waals surface area contributed by atoms with E-state index >= 15 is 0 Å². The fraction of sp³-hybridized carbons (Fsp3) is 0.125. The highest BCUT2D eigenvalue weighted by Crippen LogP contribution is 2.14. The van der Waals surface area contributed by atoms with Crippen molar-refractivity contribution in [1.29, 1.82) is 5.26 Å². The molecule has 13 heavy (non-hydrogen) atoms. The zero-order chi connectivity index (χ0) is 10.1. The summed E-state index contributed by atoms with van der Waals surface area (Å²) in [6, 6.07) is 6.16. The molecular formula is C8H8N2O2S. The smallest absolute Gasteiger partial charge is 0.225 e. The molecule has 0 atom stereocenters. The first-order valence-corrected chi connectivity index (χ1v) is 5.03. The number of sulfonamides is 1. The topological polar surface area (TPSA) is 83.9 Å². The highest BCUT2D eigenvalue weighted by molar-refractivity contribution is 7.89. The summed E-state index contributed by atoms with van der Waals surface area (Å²) < 4.78 is 21.9. The van der Waals surface area contributed by atoms with Crippen LogP contribution in [0, 0.1) is 18.3 Å². The number of aryl methyl sites for hydroxylation is 1. The molecule has 0 aliphatic rings. The van der Waals surface area contributed by atoms with E-state index in [1.165, 1.54) is 18.2 Å². The predicted octanol–water partition coefficient (Wildman–Crippen LogP) is 0.514. The van der Waals surface area contributed by atoms with Gasteiger partial charge in [0.15, 0.2) is 0 Å². The standard InChI is InChI=1S/C8H8N2O2S/c1-6-4-7(5-9)2-3-8(6)13(10,11)12/h2-4H,1H3,(H2,10,11,12). The van der Waals surface area contributed by atoms with Gasteiger partial charge < -0.3 is 0 Å². The molecule has 0 radical (unpaired) electrons. The largest absolute Gasteiger partial charge is 0.238 e. The van der Waals surface area contributed by atoms with Crippen LogP contribution >= 0.6 is 0 Å². The van der Waals surface area contributed by atoms with E-state index in [0.717, 1.165) is 0 Å². The SMILES string of the molecule is Cc1cc(C#N)ccc1S(N)(=O)=O. The molecule has 1 aromatic rings. The summed E-state index contributed by atoms with van der Waals surface area (Å²) in [7, 11) is -3.67. The Labute approximate surface area is 76.7 Å². The van der Waals surface area contributed by atoms with Crippen molar-refractivity contribution in [3.05, 3.63) is 29.3 Å². The third-order valence-corrected chi connectivity index (χ3v) is 2.68. The van der Waals surface area contributed by atoms with E-state index in [9.17, 15) is 8.42 Å². The predicted molar refractivity (Wildman–Crippen MR) is 47.3 cm³/mol. The van der Waals surface area contributed by atoms with E-state index in [1.807, 2.05) is 6.07 Å². The fourth-order valence-corrected chi connectivity index (χ4v) is 1.80. The van der Waals surface area contributed by atoms with Crippen molar-refractivity contribution in [2.75, 3.05) is 0 Å². The number of benzene rings is 1. The number of primary sulfonamides is 1. The van der Waals surface area contributed by atoms with Crippen LogP contribution in [0.25, 0.3) is 0 Å². The molecule has 0 heterocycles. The molecule has 0 aliphatic carbocycles. The Hall–Kier alpha value is -1.38. The summed E-state index contributed by atoms with van der Waals surface area (Å²) in [6.07, 6.45) is 0. The van der Waals surface area contributed by atoms with E-state index < -0.39 is 10.0 Å². The molecule has 68 valence electrons. The first kappa shape index (κ1) is 9.71. The molecule has 0 spiro atoms. The van der Waals surface area contributed by atoms with Gasteiger partial charge in [0.2, 0.25) is 10.0 Å². The van der Waals surface area contributed by atoms with E-state index in [2.05, 4.69) is 0 Å². The summed E-state index contributed by atoms with van der Waals surface area (Å²) in [4.78, 5) is 0.0616. The Kier molecular flexibility index (Phi) is 2.36. The second-order valence-electron chi connectivity index (χ2n) is 2.64. The van der Waals surface area contributed by atoms with Gasteiger partial charge in [0.1, 0.15) is 0 Å². The molecular weight excluding hydrogens is 188 g/mol. The van der Waals surface area contributed by atoms with Gasteiger partial charge in [-0.1, -0.05) is 0 Å². The van der Waals surface area contributed by atoms with Gasteiger partial charge in [0, 0.05) is 0 Å². The summed E-state index contributed by atoms with van der Waals surface area (Å²) in [5, 5.41) is 13.5. The van der Waals surface area contributed by atoms with Gasteiger partial charge in [-0.05, 0) is 30.7 Å². The van der Waals surface area contributed by atoms with Crippen LogP contribution in [0.5, 0.6) is 0 Å². The van der Waals surface area contributed by atoms with E-state index in [0.29, 0.717) is 11.1 Å². The fourth-order valence-electron chi connectivity index (χ4n) is 1.04. The molecule has 5 heteroatoms. The maximum atomic E-state index is 10.9. The first-order chi connectivity index (χ1) is 5.95. The van der Waals surface area contributed by atoms with Crippen molar-refractivity contribution in [3.8, 4) is 6.07 Å². The van der Waals surface area contributed by atoms with Crippen LogP contribution < -0.4 is 5.14 Å². The van der Waals surface area contributed by atoms with Crippen LogP contribution in [0.15, 0.2) is 23.1 Å². The lowest BCUT2D eigenvalue weighted by Gasteiger charge is -2.01. The van der Waals surface area contributed by atoms with Gasteiger partial charge in [-0.2, -0.15) is 5.26 Å². The lowest BCUT2D eigenvalue weighted by atomic mass is 10.2. The Morgan fingerprint density at radius 2 is 2.08 bits per heavy atom. The Balaban J connectivity index is 3.40. The second-order valence-corrected chi connectivity index (χ2v) is 4.17. The van der Waals surface area contributed by atoms with Crippen molar-refractivity contribution >= 4 is 10.0 Å². The zero-order valence-corrected chi connectivity index (χ0v) is 7.80. The van der Waals surface area contributed by atoms with E-state index in [1.54, 1.807) is 6.92 Å². The Bertz CT molecular complexity index is 471. The first-order valence-electron chi connectivity index (χ1n) is 3.48. The summed E-state index contributed by atoms with van der Waals surface area (Å²) in [6.45, 7) is 1.60. The summed E-state index contributed by atoms with van der Waals surface area (Å²) in [5.74, 6) is 0. The lowest BCUT2D eigenvalue weighted by Crippen LogP contribution is -2.13. The maximum absolute atomic E-state index is 10.9. The monoisotopic (exact) mass is 196 g/mol. The Morgan fingerprint density at radius 3 is 2.46 bits per heavy atom. The van der Waals surface area contributed by atoms with Crippen molar-refractivity contribution in [2.24, 2.45) is 5.14 Å². The van der Waals surface area contributed by atoms with Crippen molar-refractivity contribution in [1.82, 2.24) is 0 Å². The number of rotatable bonds is 1. The van der Waals surface area contributed by atoms with Gasteiger partial charge in [-0.25, -0.2) is 13.6 Å². The molecule has 0 aliphatic heterocycles. The average Bonchev–Trinajstić information content (AvgIpc) is 2.01. The van der Waals surface area contributed by atoms with Crippen LogP contribution in [-0.4, -0.2) is 8.42 Å². The van der Waals surface area contributed by atoms with Gasteiger partial charge in [-0.15, -0.1) is 0 Å². The number of hydrogen-bond donors (Lipinski definition) is 1.